The largest absolute Gasteiger partial charge is 0.481 e. The number of aromatic nitrogens is 1. The van der Waals surface area contributed by atoms with E-state index >= 15 is 0 Å². The summed E-state index contributed by atoms with van der Waals surface area (Å²) >= 11 is 0. The second-order valence-electron chi connectivity index (χ2n) is 2.57. The molecule has 0 aliphatic carbocycles. The van der Waals surface area contributed by atoms with Crippen molar-refractivity contribution in [1.29, 1.82) is 5.26 Å². The van der Waals surface area contributed by atoms with Crippen LogP contribution in [0.2, 0.25) is 0 Å². The summed E-state index contributed by atoms with van der Waals surface area (Å²) in [6.07, 6.45) is -2.58. The Labute approximate surface area is 79.9 Å². The molecule has 0 atom stereocenters. The topological polar surface area (TPSA) is 45.9 Å². The van der Waals surface area contributed by atoms with Gasteiger partial charge in [-0.3, -0.25) is 0 Å². The minimum atomic E-state index is -2.58. The van der Waals surface area contributed by atoms with Gasteiger partial charge in [0.1, 0.15) is 0 Å². The number of nitrogens with zero attached hydrogens (tertiary/aromatic N) is 2. The van der Waals surface area contributed by atoms with Gasteiger partial charge in [-0.15, -0.1) is 0 Å². The fourth-order valence-corrected chi connectivity index (χ4v) is 0.985. The summed E-state index contributed by atoms with van der Waals surface area (Å²) in [6.45, 7) is 0. The van der Waals surface area contributed by atoms with Crippen molar-refractivity contribution in [2.75, 3.05) is 7.11 Å². The summed E-state index contributed by atoms with van der Waals surface area (Å²) in [6, 6.07) is 4.20. The molecule has 0 spiro atoms. The van der Waals surface area contributed by atoms with Gasteiger partial charge in [-0.25, -0.2) is 13.8 Å². The molecule has 1 rings (SSSR count). The van der Waals surface area contributed by atoms with Gasteiger partial charge in [0.2, 0.25) is 5.88 Å². The third kappa shape index (κ3) is 2.39. The Morgan fingerprint density at radius 2 is 2.29 bits per heavy atom. The number of hydrogen-bond acceptors (Lipinski definition) is 3. The van der Waals surface area contributed by atoms with Gasteiger partial charge in [0.05, 0.1) is 25.3 Å². The molecule has 0 saturated carbocycles. The fourth-order valence-electron chi connectivity index (χ4n) is 0.985. The highest BCUT2D eigenvalue weighted by Gasteiger charge is 2.11. The number of halogens is 2. The van der Waals surface area contributed by atoms with Gasteiger partial charge < -0.3 is 4.74 Å². The van der Waals surface area contributed by atoms with Gasteiger partial charge in [-0.1, -0.05) is 0 Å². The lowest BCUT2D eigenvalue weighted by Gasteiger charge is -2.05. The second-order valence-corrected chi connectivity index (χ2v) is 2.57. The van der Waals surface area contributed by atoms with Crippen molar-refractivity contribution < 1.29 is 13.5 Å². The molecule has 0 fully saturated rings. The molecule has 14 heavy (non-hydrogen) atoms. The first-order valence-corrected chi connectivity index (χ1v) is 3.87. The Hall–Kier alpha value is -1.70. The highest BCUT2D eigenvalue weighted by atomic mass is 19.3. The zero-order chi connectivity index (χ0) is 10.6. The third-order valence-corrected chi connectivity index (χ3v) is 1.60. The van der Waals surface area contributed by atoms with E-state index < -0.39 is 6.43 Å². The maximum absolute atomic E-state index is 12.3. The summed E-state index contributed by atoms with van der Waals surface area (Å²) in [7, 11) is 1.34. The zero-order valence-electron chi connectivity index (χ0n) is 7.50. The van der Waals surface area contributed by atoms with Crippen LogP contribution in [-0.4, -0.2) is 12.1 Å². The summed E-state index contributed by atoms with van der Waals surface area (Å²) in [4.78, 5) is 3.85. The number of nitriles is 1. The number of alkyl halides is 2. The van der Waals surface area contributed by atoms with E-state index in [2.05, 4.69) is 4.98 Å². The van der Waals surface area contributed by atoms with E-state index in [1.807, 2.05) is 6.07 Å². The average molecular weight is 198 g/mol. The van der Waals surface area contributed by atoms with Crippen molar-refractivity contribution in [3.8, 4) is 11.9 Å². The number of rotatable bonds is 3. The summed E-state index contributed by atoms with van der Waals surface area (Å²) < 4.78 is 29.4. The smallest absolute Gasteiger partial charge is 0.264 e. The van der Waals surface area contributed by atoms with Crippen LogP contribution in [-0.2, 0) is 6.42 Å². The first kappa shape index (κ1) is 10.4. The first-order chi connectivity index (χ1) is 6.67. The minimum Gasteiger partial charge on any atom is -0.481 e. The Morgan fingerprint density at radius 1 is 1.57 bits per heavy atom. The summed E-state index contributed by atoms with van der Waals surface area (Å²) in [5, 5.41) is 8.39. The van der Waals surface area contributed by atoms with Gasteiger partial charge in [-0.05, 0) is 6.07 Å². The lowest BCUT2D eigenvalue weighted by atomic mass is 10.2. The third-order valence-electron chi connectivity index (χ3n) is 1.60. The van der Waals surface area contributed by atoms with Crippen molar-refractivity contribution in [1.82, 2.24) is 4.98 Å². The number of ether oxygens (including phenoxy) is 1. The maximum Gasteiger partial charge on any atom is 0.264 e. The molecule has 0 amide bonds. The van der Waals surface area contributed by atoms with Crippen molar-refractivity contribution in [2.24, 2.45) is 0 Å². The molecule has 0 N–H and O–H groups in total. The van der Waals surface area contributed by atoms with Crippen LogP contribution in [0.4, 0.5) is 8.78 Å². The van der Waals surface area contributed by atoms with E-state index in [1.165, 1.54) is 13.2 Å². The van der Waals surface area contributed by atoms with Crippen LogP contribution in [0.5, 0.6) is 5.88 Å². The van der Waals surface area contributed by atoms with Crippen molar-refractivity contribution in [3.05, 3.63) is 23.4 Å². The molecule has 0 aliphatic heterocycles. The molecule has 0 unspecified atom stereocenters. The monoisotopic (exact) mass is 198 g/mol. The molecule has 0 saturated heterocycles. The van der Waals surface area contributed by atoms with Crippen LogP contribution in [0, 0.1) is 11.3 Å². The molecule has 0 bridgehead atoms. The number of hydrogen-bond donors (Lipinski definition) is 0. The normalized spacial score (nSPS) is 9.93. The Balaban J connectivity index is 3.08. The highest BCUT2D eigenvalue weighted by Crippen LogP contribution is 2.22. The molecule has 1 heterocycles. The van der Waals surface area contributed by atoms with Gasteiger partial charge in [0.15, 0.2) is 0 Å². The second kappa shape index (κ2) is 4.51. The standard InChI is InChI=1S/C9H8F2N2O/c1-14-8-5-6(9(10)11)4-7(13-8)2-3-12/h4-5,9H,2H2,1H3. The molecule has 0 aromatic carbocycles. The van der Waals surface area contributed by atoms with Crippen molar-refractivity contribution >= 4 is 0 Å². The molecule has 1 aromatic heterocycles. The maximum atomic E-state index is 12.3. The molecule has 1 aromatic rings. The van der Waals surface area contributed by atoms with Crippen LogP contribution in [0.15, 0.2) is 12.1 Å². The molecule has 74 valence electrons. The van der Waals surface area contributed by atoms with E-state index in [0.717, 1.165) is 6.07 Å². The molecule has 3 nitrogen and oxygen atoms in total. The van der Waals surface area contributed by atoms with Gasteiger partial charge in [0, 0.05) is 11.6 Å². The molecule has 5 heteroatoms. The van der Waals surface area contributed by atoms with Gasteiger partial charge in [-0.2, -0.15) is 5.26 Å². The Bertz CT molecular complexity index is 360. The van der Waals surface area contributed by atoms with E-state index in [4.69, 9.17) is 10.00 Å². The average Bonchev–Trinajstić information content (AvgIpc) is 2.17. The predicted molar refractivity (Wildman–Crippen MR) is 45.1 cm³/mol. The van der Waals surface area contributed by atoms with E-state index in [1.54, 1.807) is 0 Å². The van der Waals surface area contributed by atoms with Gasteiger partial charge in [0.25, 0.3) is 6.43 Å². The lowest BCUT2D eigenvalue weighted by Crippen LogP contribution is -1.96. The highest BCUT2D eigenvalue weighted by molar-refractivity contribution is 5.27. The van der Waals surface area contributed by atoms with Crippen molar-refractivity contribution in [2.45, 2.75) is 12.8 Å². The molecular weight excluding hydrogens is 190 g/mol. The van der Waals surface area contributed by atoms with Crippen LogP contribution in [0.3, 0.4) is 0 Å². The zero-order valence-corrected chi connectivity index (χ0v) is 7.50. The quantitative estimate of drug-likeness (QED) is 0.747. The Kier molecular flexibility index (Phi) is 3.35. The SMILES string of the molecule is COc1cc(C(F)F)cc(CC#N)n1. The lowest BCUT2D eigenvalue weighted by molar-refractivity contribution is 0.150. The number of pyridine rings is 1. The van der Waals surface area contributed by atoms with Crippen LogP contribution in [0.25, 0.3) is 0 Å². The predicted octanol–water partition coefficient (Wildman–Crippen LogP) is 2.09. The van der Waals surface area contributed by atoms with Crippen LogP contribution < -0.4 is 4.74 Å². The summed E-state index contributed by atoms with van der Waals surface area (Å²) in [5.74, 6) is 0.105. The van der Waals surface area contributed by atoms with E-state index in [0.29, 0.717) is 5.69 Å². The molecule has 0 radical (unpaired) electrons. The molecular formula is C9H8F2N2O. The Morgan fingerprint density at radius 3 is 2.79 bits per heavy atom. The minimum absolute atomic E-state index is 0.00306. The van der Waals surface area contributed by atoms with Crippen LogP contribution in [0.1, 0.15) is 17.7 Å². The molecule has 0 aliphatic rings. The first-order valence-electron chi connectivity index (χ1n) is 3.87. The fraction of sp³-hybridized carbons (Fsp3) is 0.333. The van der Waals surface area contributed by atoms with E-state index in [9.17, 15) is 8.78 Å². The van der Waals surface area contributed by atoms with Gasteiger partial charge >= 0.3 is 0 Å². The van der Waals surface area contributed by atoms with Crippen LogP contribution >= 0.6 is 0 Å². The summed E-state index contributed by atoms with van der Waals surface area (Å²) in [5.41, 5.74) is 0.115. The van der Waals surface area contributed by atoms with Crippen molar-refractivity contribution in [3.63, 3.8) is 0 Å². The van der Waals surface area contributed by atoms with E-state index in [-0.39, 0.29) is 17.9 Å². The number of methoxy groups -OCH3 is 1.